The summed E-state index contributed by atoms with van der Waals surface area (Å²) in [6, 6.07) is 4.59. The van der Waals surface area contributed by atoms with Gasteiger partial charge in [0.2, 0.25) is 0 Å². The van der Waals surface area contributed by atoms with Crippen LogP contribution in [0.5, 0.6) is 11.5 Å². The third kappa shape index (κ3) is 5.91. The van der Waals surface area contributed by atoms with Crippen molar-refractivity contribution in [1.29, 1.82) is 0 Å². The summed E-state index contributed by atoms with van der Waals surface area (Å²) >= 11 is 0. The van der Waals surface area contributed by atoms with Crippen LogP contribution in [0.3, 0.4) is 0 Å². The fourth-order valence-electron chi connectivity index (χ4n) is 2.65. The normalized spacial score (nSPS) is 17.3. The molecule has 1 heterocycles. The smallest absolute Gasteiger partial charge is 0.497 e. The van der Waals surface area contributed by atoms with E-state index in [1.54, 1.807) is 12.1 Å². The summed E-state index contributed by atoms with van der Waals surface area (Å²) in [5, 5.41) is 0. The fourth-order valence-corrected chi connectivity index (χ4v) is 2.65. The Morgan fingerprint density at radius 3 is 2.43 bits per heavy atom. The van der Waals surface area contributed by atoms with Crippen LogP contribution in [0.4, 0.5) is 13.2 Å². The van der Waals surface area contributed by atoms with E-state index in [2.05, 4.69) is 21.6 Å². The minimum absolute atomic E-state index is 0.171. The third-order valence-electron chi connectivity index (χ3n) is 4.02. The van der Waals surface area contributed by atoms with E-state index in [-0.39, 0.29) is 5.75 Å². The van der Waals surface area contributed by atoms with Gasteiger partial charge in [-0.3, -0.25) is 0 Å². The molecule has 1 aliphatic heterocycles. The quantitative estimate of drug-likeness (QED) is 0.800. The monoisotopic (exact) mass is 332 g/mol. The number of likely N-dealkylation sites (N-methyl/N-ethyl adjacent to an activating group) is 1. The number of rotatable bonds is 6. The van der Waals surface area contributed by atoms with Gasteiger partial charge in [0.1, 0.15) is 11.5 Å². The highest BCUT2D eigenvalue weighted by atomic mass is 19.4. The predicted octanol–water partition coefficient (Wildman–Crippen LogP) is 2.77. The molecule has 0 atom stereocenters. The van der Waals surface area contributed by atoms with Crippen LogP contribution in [-0.4, -0.2) is 63.0 Å². The SMILES string of the molecule is COc1ccc(CCCN2CCN(C)CC2)c(OC(F)(F)F)c1. The van der Waals surface area contributed by atoms with Gasteiger partial charge < -0.3 is 19.3 Å². The molecule has 1 aliphatic rings. The Balaban J connectivity index is 1.93. The van der Waals surface area contributed by atoms with Crippen molar-refractivity contribution in [2.75, 3.05) is 46.9 Å². The zero-order chi connectivity index (χ0) is 16.9. The van der Waals surface area contributed by atoms with Gasteiger partial charge in [-0.05, 0) is 38.1 Å². The first kappa shape index (κ1) is 17.9. The third-order valence-corrected chi connectivity index (χ3v) is 4.02. The van der Waals surface area contributed by atoms with E-state index in [1.165, 1.54) is 13.2 Å². The summed E-state index contributed by atoms with van der Waals surface area (Å²) in [6.07, 6.45) is -3.36. The lowest BCUT2D eigenvalue weighted by molar-refractivity contribution is -0.274. The average Bonchev–Trinajstić information content (AvgIpc) is 2.49. The van der Waals surface area contributed by atoms with Crippen LogP contribution in [0, 0.1) is 0 Å². The average molecular weight is 332 g/mol. The molecule has 0 radical (unpaired) electrons. The minimum Gasteiger partial charge on any atom is -0.497 e. The van der Waals surface area contributed by atoms with Crippen LogP contribution in [0.2, 0.25) is 0 Å². The summed E-state index contributed by atoms with van der Waals surface area (Å²) < 4.78 is 46.7. The second kappa shape index (κ2) is 7.88. The molecule has 4 nitrogen and oxygen atoms in total. The molecular formula is C16H23F3N2O2. The topological polar surface area (TPSA) is 24.9 Å². The van der Waals surface area contributed by atoms with Gasteiger partial charge in [0.15, 0.2) is 0 Å². The predicted molar refractivity (Wildman–Crippen MR) is 81.9 cm³/mol. The zero-order valence-corrected chi connectivity index (χ0v) is 13.5. The van der Waals surface area contributed by atoms with Crippen LogP contribution in [0.25, 0.3) is 0 Å². The minimum atomic E-state index is -4.70. The van der Waals surface area contributed by atoms with Crippen LogP contribution >= 0.6 is 0 Å². The molecule has 0 aromatic heterocycles. The number of hydrogen-bond donors (Lipinski definition) is 0. The largest absolute Gasteiger partial charge is 0.573 e. The lowest BCUT2D eigenvalue weighted by Crippen LogP contribution is -2.44. The Morgan fingerprint density at radius 2 is 1.83 bits per heavy atom. The Hall–Kier alpha value is -1.47. The van der Waals surface area contributed by atoms with Crippen LogP contribution in [-0.2, 0) is 6.42 Å². The first-order valence-electron chi connectivity index (χ1n) is 7.71. The molecule has 0 saturated carbocycles. The van der Waals surface area contributed by atoms with E-state index < -0.39 is 6.36 Å². The molecule has 0 amide bonds. The summed E-state index contributed by atoms with van der Waals surface area (Å²) in [5.74, 6) is 0.183. The summed E-state index contributed by atoms with van der Waals surface area (Å²) in [4.78, 5) is 4.61. The van der Waals surface area contributed by atoms with Crippen molar-refractivity contribution in [3.63, 3.8) is 0 Å². The van der Waals surface area contributed by atoms with Crippen LogP contribution < -0.4 is 9.47 Å². The van der Waals surface area contributed by atoms with Crippen molar-refractivity contribution in [1.82, 2.24) is 9.80 Å². The molecule has 1 aromatic carbocycles. The number of benzene rings is 1. The molecule has 0 N–H and O–H groups in total. The number of alkyl halides is 3. The van der Waals surface area contributed by atoms with Gasteiger partial charge in [-0.15, -0.1) is 13.2 Å². The maximum atomic E-state index is 12.5. The van der Waals surface area contributed by atoms with E-state index in [0.717, 1.165) is 39.1 Å². The summed E-state index contributed by atoms with van der Waals surface area (Å²) in [7, 11) is 3.51. The molecule has 1 saturated heterocycles. The van der Waals surface area contributed by atoms with Gasteiger partial charge in [0.25, 0.3) is 0 Å². The molecule has 2 rings (SSSR count). The van der Waals surface area contributed by atoms with Crippen molar-refractivity contribution in [3.8, 4) is 11.5 Å². The molecule has 1 aromatic rings. The first-order valence-corrected chi connectivity index (χ1v) is 7.71. The Kier molecular flexibility index (Phi) is 6.12. The zero-order valence-electron chi connectivity index (χ0n) is 13.5. The second-order valence-electron chi connectivity index (χ2n) is 5.77. The maximum Gasteiger partial charge on any atom is 0.573 e. The standard InChI is InChI=1S/C16H23F3N2O2/c1-20-8-10-21(11-9-20)7-3-4-13-5-6-14(22-2)12-15(13)23-16(17,18)19/h5-6,12H,3-4,7-11H2,1-2H3. The Morgan fingerprint density at radius 1 is 1.13 bits per heavy atom. The van der Waals surface area contributed by atoms with Gasteiger partial charge in [-0.2, -0.15) is 0 Å². The van der Waals surface area contributed by atoms with E-state index in [1.807, 2.05) is 0 Å². The number of aryl methyl sites for hydroxylation is 1. The van der Waals surface area contributed by atoms with Gasteiger partial charge >= 0.3 is 6.36 Å². The fraction of sp³-hybridized carbons (Fsp3) is 0.625. The molecule has 0 unspecified atom stereocenters. The van der Waals surface area contributed by atoms with E-state index in [0.29, 0.717) is 17.7 Å². The maximum absolute atomic E-state index is 12.5. The van der Waals surface area contributed by atoms with Crippen molar-refractivity contribution < 1.29 is 22.6 Å². The second-order valence-corrected chi connectivity index (χ2v) is 5.77. The van der Waals surface area contributed by atoms with Crippen LogP contribution in [0.1, 0.15) is 12.0 Å². The molecule has 0 bridgehead atoms. The molecule has 1 fully saturated rings. The summed E-state index contributed by atoms with van der Waals surface area (Å²) in [5.41, 5.74) is 0.553. The molecule has 0 aliphatic carbocycles. The Labute approximate surface area is 134 Å². The molecular weight excluding hydrogens is 309 g/mol. The summed E-state index contributed by atoms with van der Waals surface area (Å²) in [6.45, 7) is 4.96. The van der Waals surface area contributed by atoms with E-state index in [9.17, 15) is 13.2 Å². The highest BCUT2D eigenvalue weighted by Crippen LogP contribution is 2.31. The molecule has 23 heavy (non-hydrogen) atoms. The van der Waals surface area contributed by atoms with Crippen molar-refractivity contribution in [3.05, 3.63) is 23.8 Å². The van der Waals surface area contributed by atoms with Crippen LogP contribution in [0.15, 0.2) is 18.2 Å². The van der Waals surface area contributed by atoms with E-state index in [4.69, 9.17) is 4.74 Å². The molecule has 7 heteroatoms. The van der Waals surface area contributed by atoms with Gasteiger partial charge in [0, 0.05) is 32.2 Å². The van der Waals surface area contributed by atoms with Crippen molar-refractivity contribution in [2.24, 2.45) is 0 Å². The number of methoxy groups -OCH3 is 1. The van der Waals surface area contributed by atoms with Crippen molar-refractivity contribution in [2.45, 2.75) is 19.2 Å². The van der Waals surface area contributed by atoms with Gasteiger partial charge in [0.05, 0.1) is 7.11 Å². The van der Waals surface area contributed by atoms with Gasteiger partial charge in [-0.1, -0.05) is 6.07 Å². The number of piperazine rings is 1. The first-order chi connectivity index (χ1) is 10.9. The van der Waals surface area contributed by atoms with Crippen molar-refractivity contribution >= 4 is 0 Å². The number of nitrogens with zero attached hydrogens (tertiary/aromatic N) is 2. The van der Waals surface area contributed by atoms with E-state index >= 15 is 0 Å². The molecule has 0 spiro atoms. The number of hydrogen-bond acceptors (Lipinski definition) is 4. The number of halogens is 3. The highest BCUT2D eigenvalue weighted by molar-refractivity contribution is 5.41. The highest BCUT2D eigenvalue weighted by Gasteiger charge is 2.32. The number of ether oxygens (including phenoxy) is 2. The Bertz CT molecular complexity index is 501. The lowest BCUT2D eigenvalue weighted by atomic mass is 10.1. The van der Waals surface area contributed by atoms with Gasteiger partial charge in [-0.25, -0.2) is 0 Å². The molecule has 130 valence electrons. The lowest BCUT2D eigenvalue weighted by Gasteiger charge is -2.32.